The van der Waals surface area contributed by atoms with Gasteiger partial charge in [0, 0.05) is 59.7 Å². The molecular weight excluding hydrogens is 274 g/mol. The molecule has 6 heteroatoms. The number of anilines is 2. The van der Waals surface area contributed by atoms with Crippen LogP contribution in [0.15, 0.2) is 18.2 Å². The zero-order chi connectivity index (χ0) is 14.5. The smallest absolute Gasteiger partial charge is 0.225 e. The van der Waals surface area contributed by atoms with Crippen molar-refractivity contribution >= 4 is 28.1 Å². The van der Waals surface area contributed by atoms with E-state index in [9.17, 15) is 9.00 Å². The van der Waals surface area contributed by atoms with Crippen LogP contribution >= 0.6 is 0 Å². The van der Waals surface area contributed by atoms with Gasteiger partial charge in [-0.25, -0.2) is 0 Å². The summed E-state index contributed by atoms with van der Waals surface area (Å²) in [6, 6.07) is 5.45. The molecule has 1 saturated heterocycles. The monoisotopic (exact) mass is 295 g/mol. The molecular formula is C14H21N3O2S. The third-order valence-electron chi connectivity index (χ3n) is 3.45. The number of aryl methyl sites for hydroxylation is 1. The van der Waals surface area contributed by atoms with E-state index in [1.54, 1.807) is 6.07 Å². The number of hydrogen-bond acceptors (Lipinski definition) is 4. The van der Waals surface area contributed by atoms with Crippen LogP contribution in [-0.4, -0.2) is 46.2 Å². The molecule has 0 unspecified atom stereocenters. The third-order valence-corrected chi connectivity index (χ3v) is 4.73. The highest BCUT2D eigenvalue weighted by atomic mass is 32.2. The normalized spacial score (nSPS) is 17.1. The van der Waals surface area contributed by atoms with Crippen molar-refractivity contribution in [1.82, 2.24) is 4.90 Å². The number of carbonyl (C=O) groups is 1. The number of benzene rings is 1. The molecule has 0 saturated carbocycles. The fourth-order valence-electron chi connectivity index (χ4n) is 2.20. The lowest BCUT2D eigenvalue weighted by Crippen LogP contribution is -2.39. The number of nitrogens with zero attached hydrogens (tertiary/aromatic N) is 1. The summed E-state index contributed by atoms with van der Waals surface area (Å²) in [4.78, 5) is 14.1. The van der Waals surface area contributed by atoms with Crippen LogP contribution in [0.2, 0.25) is 0 Å². The van der Waals surface area contributed by atoms with Gasteiger partial charge in [0.2, 0.25) is 5.91 Å². The minimum Gasteiger partial charge on any atom is -0.399 e. The molecule has 1 heterocycles. The molecule has 0 aliphatic carbocycles. The summed E-state index contributed by atoms with van der Waals surface area (Å²) >= 11 is 0. The van der Waals surface area contributed by atoms with Gasteiger partial charge in [0.25, 0.3) is 0 Å². The minimum atomic E-state index is -0.666. The van der Waals surface area contributed by atoms with E-state index < -0.39 is 10.8 Å². The Morgan fingerprint density at radius 2 is 2.10 bits per heavy atom. The molecule has 1 aromatic carbocycles. The second-order valence-electron chi connectivity index (χ2n) is 5.06. The Morgan fingerprint density at radius 3 is 2.75 bits per heavy atom. The van der Waals surface area contributed by atoms with Crippen LogP contribution in [0.25, 0.3) is 0 Å². The zero-order valence-electron chi connectivity index (χ0n) is 11.7. The summed E-state index contributed by atoms with van der Waals surface area (Å²) < 4.78 is 11.2. The molecule has 1 aliphatic heterocycles. The fraction of sp³-hybridized carbons (Fsp3) is 0.500. The second kappa shape index (κ2) is 6.85. The van der Waals surface area contributed by atoms with Crippen molar-refractivity contribution in [3.63, 3.8) is 0 Å². The van der Waals surface area contributed by atoms with Crippen LogP contribution in [0.1, 0.15) is 12.0 Å². The summed E-state index contributed by atoms with van der Waals surface area (Å²) in [6.07, 6.45) is 0.455. The molecule has 1 aromatic rings. The average molecular weight is 295 g/mol. The van der Waals surface area contributed by atoms with Crippen molar-refractivity contribution in [2.45, 2.75) is 13.3 Å². The Hall–Kier alpha value is -1.40. The molecule has 0 radical (unpaired) electrons. The molecule has 2 rings (SSSR count). The first-order valence-corrected chi connectivity index (χ1v) is 8.27. The molecule has 5 nitrogen and oxygen atoms in total. The highest BCUT2D eigenvalue weighted by Gasteiger charge is 2.15. The van der Waals surface area contributed by atoms with Gasteiger partial charge in [0.15, 0.2) is 0 Å². The Labute approximate surface area is 122 Å². The van der Waals surface area contributed by atoms with Crippen molar-refractivity contribution in [3.05, 3.63) is 23.8 Å². The van der Waals surface area contributed by atoms with E-state index in [2.05, 4.69) is 10.2 Å². The van der Waals surface area contributed by atoms with E-state index in [4.69, 9.17) is 5.73 Å². The Kier molecular flexibility index (Phi) is 5.14. The first kappa shape index (κ1) is 15.0. The predicted octanol–water partition coefficient (Wildman–Crippen LogP) is 0.970. The second-order valence-corrected chi connectivity index (χ2v) is 6.76. The number of nitrogen functional groups attached to an aromatic ring is 1. The summed E-state index contributed by atoms with van der Waals surface area (Å²) in [5.41, 5.74) is 8.15. The van der Waals surface area contributed by atoms with Gasteiger partial charge >= 0.3 is 0 Å². The lowest BCUT2D eigenvalue weighted by Gasteiger charge is -2.25. The molecule has 110 valence electrons. The molecule has 1 aliphatic rings. The minimum absolute atomic E-state index is 0.00423. The molecule has 0 spiro atoms. The number of hydrogen-bond donors (Lipinski definition) is 2. The number of carbonyl (C=O) groups excluding carboxylic acids is 1. The zero-order valence-corrected chi connectivity index (χ0v) is 12.5. The van der Waals surface area contributed by atoms with Gasteiger partial charge < -0.3 is 16.0 Å². The topological polar surface area (TPSA) is 75.4 Å². The largest absolute Gasteiger partial charge is 0.399 e. The van der Waals surface area contributed by atoms with E-state index >= 15 is 0 Å². The van der Waals surface area contributed by atoms with E-state index in [0.717, 1.165) is 42.4 Å². The maximum Gasteiger partial charge on any atom is 0.225 e. The first-order chi connectivity index (χ1) is 9.54. The van der Waals surface area contributed by atoms with Crippen LogP contribution in [-0.2, 0) is 15.6 Å². The summed E-state index contributed by atoms with van der Waals surface area (Å²) in [6.45, 7) is 4.28. The van der Waals surface area contributed by atoms with Gasteiger partial charge in [-0.1, -0.05) is 0 Å². The summed E-state index contributed by atoms with van der Waals surface area (Å²) in [7, 11) is -0.666. The van der Waals surface area contributed by atoms with Gasteiger partial charge in [-0.2, -0.15) is 0 Å². The van der Waals surface area contributed by atoms with Crippen molar-refractivity contribution in [2.75, 3.05) is 42.2 Å². The van der Waals surface area contributed by atoms with E-state index in [1.807, 2.05) is 19.1 Å². The van der Waals surface area contributed by atoms with Crippen LogP contribution in [0, 0.1) is 6.92 Å². The average Bonchev–Trinajstić information content (AvgIpc) is 2.41. The standard InChI is InChI=1S/C14H21N3O2S/c1-11-10-12(15)2-3-13(11)16-14(18)4-5-17-6-8-20(19)9-7-17/h2-3,10H,4-9,15H2,1H3,(H,16,18). The maximum absolute atomic E-state index is 11.9. The van der Waals surface area contributed by atoms with Crippen molar-refractivity contribution < 1.29 is 9.00 Å². The molecule has 0 bridgehead atoms. The van der Waals surface area contributed by atoms with Crippen LogP contribution in [0.4, 0.5) is 11.4 Å². The van der Waals surface area contributed by atoms with Gasteiger partial charge in [-0.3, -0.25) is 9.00 Å². The predicted molar refractivity (Wildman–Crippen MR) is 83.2 cm³/mol. The van der Waals surface area contributed by atoms with Crippen molar-refractivity contribution in [3.8, 4) is 0 Å². The molecule has 0 aromatic heterocycles. The molecule has 3 N–H and O–H groups in total. The van der Waals surface area contributed by atoms with Gasteiger partial charge in [0.05, 0.1) is 0 Å². The maximum atomic E-state index is 11.9. The quantitative estimate of drug-likeness (QED) is 0.812. The lowest BCUT2D eigenvalue weighted by molar-refractivity contribution is -0.116. The van der Waals surface area contributed by atoms with Crippen LogP contribution in [0.3, 0.4) is 0 Å². The molecule has 1 fully saturated rings. The highest BCUT2D eigenvalue weighted by Crippen LogP contribution is 2.17. The van der Waals surface area contributed by atoms with Gasteiger partial charge in [0.1, 0.15) is 0 Å². The molecule has 20 heavy (non-hydrogen) atoms. The summed E-state index contributed by atoms with van der Waals surface area (Å²) in [5.74, 6) is 1.45. The third kappa shape index (κ3) is 4.31. The highest BCUT2D eigenvalue weighted by molar-refractivity contribution is 7.85. The fourth-order valence-corrected chi connectivity index (χ4v) is 3.33. The Balaban J connectivity index is 1.79. The number of amides is 1. The van der Waals surface area contributed by atoms with Crippen molar-refractivity contribution in [2.24, 2.45) is 0 Å². The molecule has 0 atom stereocenters. The number of rotatable bonds is 4. The number of nitrogens with two attached hydrogens (primary N) is 1. The first-order valence-electron chi connectivity index (χ1n) is 6.78. The van der Waals surface area contributed by atoms with E-state index in [-0.39, 0.29) is 5.91 Å². The number of nitrogens with one attached hydrogen (secondary N) is 1. The lowest BCUT2D eigenvalue weighted by atomic mass is 10.2. The van der Waals surface area contributed by atoms with Crippen molar-refractivity contribution in [1.29, 1.82) is 0 Å². The SMILES string of the molecule is Cc1cc(N)ccc1NC(=O)CCN1CCS(=O)CC1. The summed E-state index contributed by atoms with van der Waals surface area (Å²) in [5, 5.41) is 2.90. The Morgan fingerprint density at radius 1 is 1.40 bits per heavy atom. The van der Waals surface area contributed by atoms with Crippen LogP contribution < -0.4 is 11.1 Å². The van der Waals surface area contributed by atoms with Crippen LogP contribution in [0.5, 0.6) is 0 Å². The molecule has 1 amide bonds. The van der Waals surface area contributed by atoms with Gasteiger partial charge in [-0.05, 0) is 30.7 Å². The Bertz CT molecular complexity index is 509. The van der Waals surface area contributed by atoms with E-state index in [0.29, 0.717) is 12.1 Å². The van der Waals surface area contributed by atoms with E-state index in [1.165, 1.54) is 0 Å². The van der Waals surface area contributed by atoms with Gasteiger partial charge in [-0.15, -0.1) is 0 Å².